The number of carbonyl (C=O) groups excluding carboxylic acids is 3. The molecule has 4 aromatic rings. The number of aromatic amines is 1. The van der Waals surface area contributed by atoms with Crippen molar-refractivity contribution in [1.29, 1.82) is 0 Å². The van der Waals surface area contributed by atoms with Crippen LogP contribution in [0.4, 0.5) is 0 Å². The molecule has 0 radical (unpaired) electrons. The van der Waals surface area contributed by atoms with Crippen molar-refractivity contribution in [3.63, 3.8) is 0 Å². The number of hydrazine groups is 1. The topological polar surface area (TPSA) is 104 Å². The van der Waals surface area contributed by atoms with E-state index in [0.29, 0.717) is 21.6 Å². The van der Waals surface area contributed by atoms with Crippen molar-refractivity contribution in [3.8, 4) is 5.75 Å². The molecule has 0 bridgehead atoms. The lowest BCUT2D eigenvalue weighted by molar-refractivity contribution is 0.0518. The Balaban J connectivity index is 1.27. The van der Waals surface area contributed by atoms with Crippen molar-refractivity contribution in [3.05, 3.63) is 90.1 Å². The summed E-state index contributed by atoms with van der Waals surface area (Å²) in [5.74, 6) is -1.44. The summed E-state index contributed by atoms with van der Waals surface area (Å²) >= 11 is 30.2. The van der Waals surface area contributed by atoms with E-state index in [-0.39, 0.29) is 43.4 Å². The van der Waals surface area contributed by atoms with Gasteiger partial charge in [-0.3, -0.25) is 19.8 Å². The molecule has 182 valence electrons. The van der Waals surface area contributed by atoms with Gasteiger partial charge in [0.15, 0.2) is 0 Å². The third-order valence-electron chi connectivity index (χ3n) is 5.30. The molecular weight excluding hydrogens is 574 g/mol. The maximum atomic E-state index is 12.8. The predicted octanol–water partition coefficient (Wildman–Crippen LogP) is 6.35. The van der Waals surface area contributed by atoms with Crippen LogP contribution >= 0.6 is 58.0 Å². The fourth-order valence-corrected chi connectivity index (χ4v) is 4.76. The Bertz CT molecular complexity index is 1540. The second kappa shape index (κ2) is 9.46. The molecule has 0 spiro atoms. The van der Waals surface area contributed by atoms with E-state index in [2.05, 4.69) is 15.4 Å². The van der Waals surface area contributed by atoms with Gasteiger partial charge in [-0.1, -0.05) is 58.0 Å². The predicted molar refractivity (Wildman–Crippen MR) is 136 cm³/mol. The van der Waals surface area contributed by atoms with Gasteiger partial charge < -0.3 is 9.72 Å². The average molecular weight is 585 g/mol. The lowest BCUT2D eigenvalue weighted by atomic mass is 10.1. The molecule has 1 aliphatic heterocycles. The van der Waals surface area contributed by atoms with Crippen molar-refractivity contribution in [2.45, 2.75) is 6.61 Å². The number of aromatic nitrogens is 2. The first-order valence-corrected chi connectivity index (χ1v) is 12.0. The van der Waals surface area contributed by atoms with Crippen LogP contribution in [0.2, 0.25) is 25.1 Å². The molecule has 36 heavy (non-hydrogen) atoms. The molecule has 1 aliphatic rings. The fraction of sp³-hybridized carbons (Fsp3) is 0.0435. The highest BCUT2D eigenvalue weighted by Crippen LogP contribution is 2.44. The molecular formula is C23H11Cl5N4O4. The van der Waals surface area contributed by atoms with Gasteiger partial charge in [0.05, 0.1) is 42.3 Å². The van der Waals surface area contributed by atoms with Crippen molar-refractivity contribution in [1.82, 2.24) is 20.4 Å². The quantitative estimate of drug-likeness (QED) is 0.162. The Hall–Kier alpha value is -3.01. The van der Waals surface area contributed by atoms with Crippen LogP contribution in [0.5, 0.6) is 5.75 Å². The minimum absolute atomic E-state index is 0.152. The lowest BCUT2D eigenvalue weighted by Crippen LogP contribution is -2.45. The molecule has 3 aromatic carbocycles. The zero-order valence-electron chi connectivity index (χ0n) is 17.7. The number of halogens is 5. The van der Waals surface area contributed by atoms with Crippen LogP contribution in [-0.2, 0) is 6.61 Å². The molecule has 0 saturated carbocycles. The first-order chi connectivity index (χ1) is 17.2. The van der Waals surface area contributed by atoms with Crippen molar-refractivity contribution in [2.24, 2.45) is 0 Å². The number of hydrogen-bond acceptors (Lipinski definition) is 5. The van der Waals surface area contributed by atoms with Gasteiger partial charge in [0.25, 0.3) is 17.7 Å². The van der Waals surface area contributed by atoms with Crippen LogP contribution < -0.4 is 10.2 Å². The van der Waals surface area contributed by atoms with Gasteiger partial charge in [-0.05, 0) is 42.5 Å². The van der Waals surface area contributed by atoms with Gasteiger partial charge in [-0.2, -0.15) is 5.01 Å². The van der Waals surface area contributed by atoms with Crippen LogP contribution in [0, 0.1) is 0 Å². The molecule has 2 heterocycles. The van der Waals surface area contributed by atoms with Gasteiger partial charge in [0.2, 0.25) is 0 Å². The highest BCUT2D eigenvalue weighted by molar-refractivity contribution is 6.55. The van der Waals surface area contributed by atoms with E-state index in [1.165, 1.54) is 12.1 Å². The van der Waals surface area contributed by atoms with Crippen LogP contribution in [0.1, 0.15) is 36.9 Å². The van der Waals surface area contributed by atoms with E-state index in [4.69, 9.17) is 62.7 Å². The number of hydrogen-bond donors (Lipinski definition) is 2. The summed E-state index contributed by atoms with van der Waals surface area (Å²) in [5, 5.41) is 0.301. The number of benzene rings is 3. The van der Waals surface area contributed by atoms with E-state index in [0.717, 1.165) is 11.0 Å². The summed E-state index contributed by atoms with van der Waals surface area (Å²) in [4.78, 5) is 45.8. The van der Waals surface area contributed by atoms with Crippen LogP contribution in [0.3, 0.4) is 0 Å². The average Bonchev–Trinajstić information content (AvgIpc) is 3.38. The Labute approximate surface area is 228 Å². The third kappa shape index (κ3) is 4.25. The van der Waals surface area contributed by atoms with E-state index in [1.807, 2.05) is 0 Å². The summed E-state index contributed by atoms with van der Waals surface area (Å²) in [6.07, 6.45) is 0. The van der Waals surface area contributed by atoms with Gasteiger partial charge in [0.1, 0.15) is 18.2 Å². The molecule has 0 aliphatic carbocycles. The molecule has 13 heteroatoms. The number of nitrogens with one attached hydrogen (secondary N) is 2. The highest BCUT2D eigenvalue weighted by Gasteiger charge is 2.42. The smallest absolute Gasteiger partial charge is 0.282 e. The molecule has 2 N–H and O–H groups in total. The van der Waals surface area contributed by atoms with E-state index in [9.17, 15) is 14.4 Å². The minimum Gasteiger partial charge on any atom is -0.486 e. The minimum atomic E-state index is -0.888. The molecule has 1 aromatic heterocycles. The van der Waals surface area contributed by atoms with Crippen LogP contribution in [-0.4, -0.2) is 32.7 Å². The molecule has 0 atom stereocenters. The zero-order chi connectivity index (χ0) is 25.7. The van der Waals surface area contributed by atoms with Crippen LogP contribution in [0.25, 0.3) is 11.0 Å². The van der Waals surface area contributed by atoms with Crippen LogP contribution in [0.15, 0.2) is 42.5 Å². The van der Waals surface area contributed by atoms with Crippen molar-refractivity contribution in [2.75, 3.05) is 0 Å². The fourth-order valence-electron chi connectivity index (χ4n) is 3.57. The van der Waals surface area contributed by atoms with E-state index >= 15 is 0 Å². The van der Waals surface area contributed by atoms with Gasteiger partial charge in [-0.25, -0.2) is 4.98 Å². The second-order valence-electron chi connectivity index (χ2n) is 7.55. The number of ether oxygens (including phenoxy) is 1. The number of H-pyrrole nitrogens is 1. The zero-order valence-corrected chi connectivity index (χ0v) is 21.4. The summed E-state index contributed by atoms with van der Waals surface area (Å²) in [6.45, 7) is 0.152. The Morgan fingerprint density at radius 1 is 0.889 bits per heavy atom. The Morgan fingerprint density at radius 3 is 2.11 bits per heavy atom. The number of fused-ring (bicyclic) bond motifs is 2. The number of rotatable bonds is 5. The molecule has 0 unspecified atom stereocenters. The Morgan fingerprint density at radius 2 is 1.50 bits per heavy atom. The molecule has 5 rings (SSSR count). The number of nitrogens with zero attached hydrogens (tertiary/aromatic N) is 2. The maximum absolute atomic E-state index is 12.8. The molecule has 3 amide bonds. The van der Waals surface area contributed by atoms with Crippen molar-refractivity contribution >= 4 is 86.8 Å². The molecule has 0 saturated heterocycles. The van der Waals surface area contributed by atoms with Gasteiger partial charge in [-0.15, -0.1) is 0 Å². The summed E-state index contributed by atoms with van der Waals surface area (Å²) < 4.78 is 5.71. The van der Waals surface area contributed by atoms with Gasteiger partial charge in [0, 0.05) is 10.6 Å². The molecule has 0 fully saturated rings. The monoisotopic (exact) mass is 582 g/mol. The van der Waals surface area contributed by atoms with Crippen molar-refractivity contribution < 1.29 is 19.1 Å². The van der Waals surface area contributed by atoms with Gasteiger partial charge >= 0.3 is 0 Å². The lowest BCUT2D eigenvalue weighted by Gasteiger charge is -2.15. The number of imidazole rings is 1. The second-order valence-corrected chi connectivity index (χ2v) is 9.50. The highest BCUT2D eigenvalue weighted by atomic mass is 35.5. The normalized spacial score (nSPS) is 12.9. The maximum Gasteiger partial charge on any atom is 0.282 e. The van der Waals surface area contributed by atoms with E-state index < -0.39 is 17.7 Å². The SMILES string of the molecule is O=C(NN1C(=O)c2c(Cl)c(Cl)c(Cl)c(Cl)c2C1=O)c1ccc(OCc2nc3ccc(Cl)cc3[nH]2)cc1. The number of carbonyl (C=O) groups is 3. The molecule has 8 nitrogen and oxygen atoms in total. The number of imide groups is 1. The first kappa shape index (κ1) is 24.7. The summed E-state index contributed by atoms with van der Waals surface area (Å²) in [6, 6.07) is 11.4. The number of amides is 3. The largest absolute Gasteiger partial charge is 0.486 e. The third-order valence-corrected chi connectivity index (χ3v) is 7.34. The summed E-state index contributed by atoms with van der Waals surface area (Å²) in [5.41, 5.74) is 3.48. The summed E-state index contributed by atoms with van der Waals surface area (Å²) in [7, 11) is 0. The first-order valence-electron chi connectivity index (χ1n) is 10.1. The standard InChI is InChI=1S/C23H11Cl5N4O4/c24-10-3-6-12-13(7-10)30-14(29-12)8-36-11-4-1-9(2-5-11)21(33)31-32-22(34)15-16(23(32)35)18(26)20(28)19(27)17(15)25/h1-7H,8H2,(H,29,30)(H,31,33). The Kier molecular flexibility index (Phi) is 6.48. The van der Waals surface area contributed by atoms with E-state index in [1.54, 1.807) is 30.3 Å².